The zero-order chi connectivity index (χ0) is 17.3. The fourth-order valence-corrected chi connectivity index (χ4v) is 3.04. The molecule has 0 aliphatic carbocycles. The van der Waals surface area contributed by atoms with Crippen LogP contribution >= 0.6 is 0 Å². The molecule has 1 N–H and O–H groups in total. The van der Waals surface area contributed by atoms with Gasteiger partial charge in [-0.25, -0.2) is 9.18 Å². The Balaban J connectivity index is 1.87. The number of nitrogens with one attached hydrogen (secondary N) is 1. The molecule has 5 heteroatoms. The topological polar surface area (TPSA) is 49.4 Å². The van der Waals surface area contributed by atoms with Gasteiger partial charge in [0.2, 0.25) is 0 Å². The molecule has 1 aliphatic heterocycles. The molecule has 2 aromatic carbocycles. The number of amides is 2. The van der Waals surface area contributed by atoms with Crippen molar-refractivity contribution in [1.29, 1.82) is 0 Å². The van der Waals surface area contributed by atoms with Crippen molar-refractivity contribution in [3.8, 4) is 0 Å². The molecule has 3 rings (SSSR count). The molecule has 1 heterocycles. The average molecular weight is 326 g/mol. The highest BCUT2D eigenvalue weighted by molar-refractivity contribution is 6.09. The average Bonchev–Trinajstić information content (AvgIpc) is 2.56. The van der Waals surface area contributed by atoms with Gasteiger partial charge in [0.15, 0.2) is 5.78 Å². The lowest BCUT2D eigenvalue weighted by Crippen LogP contribution is -2.49. The van der Waals surface area contributed by atoms with Crippen molar-refractivity contribution in [2.24, 2.45) is 0 Å². The normalized spacial score (nSPS) is 18.0. The molecule has 0 aromatic heterocycles. The molecule has 4 nitrogen and oxygen atoms in total. The summed E-state index contributed by atoms with van der Waals surface area (Å²) in [5.41, 5.74) is 1.71. The highest BCUT2D eigenvalue weighted by atomic mass is 19.1. The Hall–Kier alpha value is -2.69. The third-order valence-corrected chi connectivity index (χ3v) is 4.30. The van der Waals surface area contributed by atoms with Crippen LogP contribution in [0.3, 0.4) is 0 Å². The van der Waals surface area contributed by atoms with E-state index in [9.17, 15) is 14.0 Å². The minimum Gasteiger partial charge on any atom is -0.331 e. The van der Waals surface area contributed by atoms with Gasteiger partial charge in [-0.2, -0.15) is 0 Å². The van der Waals surface area contributed by atoms with Gasteiger partial charge in [0.1, 0.15) is 5.82 Å². The second-order valence-corrected chi connectivity index (χ2v) is 6.09. The SMILES string of the molecule is CC1CC(=O)c2cc(F)ccc2N1C(=O)N[C@H](C)c1ccccc1. The van der Waals surface area contributed by atoms with Crippen molar-refractivity contribution in [3.05, 3.63) is 65.5 Å². The van der Waals surface area contributed by atoms with E-state index >= 15 is 0 Å². The minimum atomic E-state index is -0.477. The van der Waals surface area contributed by atoms with Crippen LogP contribution in [0.4, 0.5) is 14.9 Å². The molecule has 2 aromatic rings. The minimum absolute atomic E-state index is 0.142. The Labute approximate surface area is 140 Å². The van der Waals surface area contributed by atoms with Gasteiger partial charge in [-0.15, -0.1) is 0 Å². The number of Topliss-reactive ketones (excluding diaryl/α,β-unsaturated/α-hetero) is 1. The van der Waals surface area contributed by atoms with Crippen molar-refractivity contribution in [2.45, 2.75) is 32.4 Å². The molecular weight excluding hydrogens is 307 g/mol. The molecule has 124 valence electrons. The number of urea groups is 1. The molecule has 0 fully saturated rings. The van der Waals surface area contributed by atoms with Gasteiger partial charge < -0.3 is 5.32 Å². The molecule has 1 unspecified atom stereocenters. The standard InChI is InChI=1S/C19H19FN2O2/c1-12-10-18(23)16-11-15(20)8-9-17(16)22(12)19(24)21-13(2)14-6-4-3-5-7-14/h3-9,11-13H,10H2,1-2H3,(H,21,24)/t12?,13-/m1/s1. The quantitative estimate of drug-likeness (QED) is 0.904. The largest absolute Gasteiger partial charge is 0.331 e. The summed E-state index contributed by atoms with van der Waals surface area (Å²) in [5.74, 6) is -0.619. The maximum atomic E-state index is 13.5. The first-order valence-electron chi connectivity index (χ1n) is 7.95. The number of nitrogens with zero attached hydrogens (tertiary/aromatic N) is 1. The first-order valence-corrected chi connectivity index (χ1v) is 7.95. The molecule has 0 saturated carbocycles. The van der Waals surface area contributed by atoms with E-state index in [1.54, 1.807) is 0 Å². The summed E-state index contributed by atoms with van der Waals surface area (Å²) in [7, 11) is 0. The molecule has 0 saturated heterocycles. The maximum absolute atomic E-state index is 13.5. The van der Waals surface area contributed by atoms with Gasteiger partial charge in [-0.1, -0.05) is 30.3 Å². The second-order valence-electron chi connectivity index (χ2n) is 6.09. The predicted molar refractivity (Wildman–Crippen MR) is 90.7 cm³/mol. The van der Waals surface area contributed by atoms with E-state index < -0.39 is 5.82 Å². The number of ketones is 1. The van der Waals surface area contributed by atoms with E-state index in [-0.39, 0.29) is 35.9 Å². The monoisotopic (exact) mass is 326 g/mol. The second kappa shape index (κ2) is 6.43. The van der Waals surface area contributed by atoms with E-state index in [0.717, 1.165) is 5.56 Å². The highest BCUT2D eigenvalue weighted by Gasteiger charge is 2.33. The molecular formula is C19H19FN2O2. The lowest BCUT2D eigenvalue weighted by molar-refractivity contribution is 0.0969. The summed E-state index contributed by atoms with van der Waals surface area (Å²) >= 11 is 0. The van der Waals surface area contributed by atoms with Crippen LogP contribution in [0.5, 0.6) is 0 Å². The number of fused-ring (bicyclic) bond motifs is 1. The number of halogens is 1. The number of hydrogen-bond acceptors (Lipinski definition) is 2. The van der Waals surface area contributed by atoms with Crippen LogP contribution in [-0.2, 0) is 0 Å². The smallest absolute Gasteiger partial charge is 0.322 e. The molecule has 24 heavy (non-hydrogen) atoms. The van der Waals surface area contributed by atoms with Gasteiger partial charge in [0, 0.05) is 18.0 Å². The van der Waals surface area contributed by atoms with Crippen LogP contribution in [0, 0.1) is 5.82 Å². The van der Waals surface area contributed by atoms with Gasteiger partial charge in [-0.05, 0) is 37.6 Å². The Morgan fingerprint density at radius 3 is 2.67 bits per heavy atom. The van der Waals surface area contributed by atoms with Crippen molar-refractivity contribution >= 4 is 17.5 Å². The maximum Gasteiger partial charge on any atom is 0.322 e. The van der Waals surface area contributed by atoms with Crippen molar-refractivity contribution in [2.75, 3.05) is 4.90 Å². The Kier molecular flexibility index (Phi) is 4.34. The molecule has 1 aliphatic rings. The van der Waals surface area contributed by atoms with Gasteiger partial charge >= 0.3 is 6.03 Å². The fourth-order valence-electron chi connectivity index (χ4n) is 3.04. The van der Waals surface area contributed by atoms with E-state index in [1.165, 1.54) is 23.1 Å². The lowest BCUT2D eigenvalue weighted by atomic mass is 9.95. The first kappa shape index (κ1) is 16.2. The first-order chi connectivity index (χ1) is 11.5. The molecule has 2 atom stereocenters. The third kappa shape index (κ3) is 3.02. The number of hydrogen-bond donors (Lipinski definition) is 1. The molecule has 2 amide bonds. The summed E-state index contributed by atoms with van der Waals surface area (Å²) in [6.45, 7) is 3.72. The van der Waals surface area contributed by atoms with Crippen LogP contribution in [0.15, 0.2) is 48.5 Å². The van der Waals surface area contributed by atoms with Crippen LogP contribution in [0.1, 0.15) is 42.2 Å². The van der Waals surface area contributed by atoms with E-state index in [0.29, 0.717) is 5.69 Å². The van der Waals surface area contributed by atoms with Crippen LogP contribution < -0.4 is 10.2 Å². The van der Waals surface area contributed by atoms with E-state index in [4.69, 9.17) is 0 Å². The zero-order valence-electron chi connectivity index (χ0n) is 13.6. The number of rotatable bonds is 2. The van der Waals surface area contributed by atoms with Gasteiger partial charge in [0.05, 0.1) is 11.7 Å². The van der Waals surface area contributed by atoms with Crippen molar-refractivity contribution in [3.63, 3.8) is 0 Å². The summed E-state index contributed by atoms with van der Waals surface area (Å²) < 4.78 is 13.5. The predicted octanol–water partition coefficient (Wildman–Crippen LogP) is 4.08. The van der Waals surface area contributed by atoms with Crippen molar-refractivity contribution in [1.82, 2.24) is 5.32 Å². The van der Waals surface area contributed by atoms with E-state index in [1.807, 2.05) is 44.2 Å². The lowest BCUT2D eigenvalue weighted by Gasteiger charge is -2.35. The Bertz CT molecular complexity index is 776. The molecule has 0 bridgehead atoms. The Morgan fingerprint density at radius 2 is 1.96 bits per heavy atom. The number of carbonyl (C=O) groups is 2. The number of anilines is 1. The Morgan fingerprint density at radius 1 is 1.25 bits per heavy atom. The summed E-state index contributed by atoms with van der Waals surface area (Å²) in [5, 5.41) is 2.95. The van der Waals surface area contributed by atoms with Crippen LogP contribution in [0.2, 0.25) is 0 Å². The fraction of sp³-hybridized carbons (Fsp3) is 0.263. The number of carbonyl (C=O) groups excluding carboxylic acids is 2. The summed E-state index contributed by atoms with van der Waals surface area (Å²) in [4.78, 5) is 26.4. The van der Waals surface area contributed by atoms with Crippen LogP contribution in [0.25, 0.3) is 0 Å². The third-order valence-electron chi connectivity index (χ3n) is 4.30. The number of benzene rings is 2. The van der Waals surface area contributed by atoms with Crippen molar-refractivity contribution < 1.29 is 14.0 Å². The van der Waals surface area contributed by atoms with Gasteiger partial charge in [-0.3, -0.25) is 9.69 Å². The summed E-state index contributed by atoms with van der Waals surface area (Å²) in [6, 6.07) is 12.8. The van der Waals surface area contributed by atoms with Crippen LogP contribution in [-0.4, -0.2) is 17.9 Å². The van der Waals surface area contributed by atoms with Gasteiger partial charge in [0.25, 0.3) is 0 Å². The zero-order valence-corrected chi connectivity index (χ0v) is 13.6. The highest BCUT2D eigenvalue weighted by Crippen LogP contribution is 2.31. The summed E-state index contributed by atoms with van der Waals surface area (Å²) in [6.07, 6.45) is 0.184. The molecule has 0 radical (unpaired) electrons. The van der Waals surface area contributed by atoms with E-state index in [2.05, 4.69) is 5.32 Å². The molecule has 0 spiro atoms.